The van der Waals surface area contributed by atoms with Crippen LogP contribution in [-0.4, -0.2) is 36.8 Å². The third-order valence-corrected chi connectivity index (χ3v) is 6.54. The Morgan fingerprint density at radius 1 is 1.03 bits per heavy atom. The largest absolute Gasteiger partial charge is 0.581 e. The molecule has 0 saturated carbocycles. The number of fused-ring (bicyclic) bond motifs is 1. The van der Waals surface area contributed by atoms with E-state index in [2.05, 4.69) is 41.3 Å². The predicted molar refractivity (Wildman–Crippen MR) is 139 cm³/mol. The van der Waals surface area contributed by atoms with Crippen LogP contribution in [0.5, 0.6) is 0 Å². The molecule has 0 aromatic heterocycles. The van der Waals surface area contributed by atoms with E-state index in [0.717, 1.165) is 44.3 Å². The van der Waals surface area contributed by atoms with Crippen LogP contribution in [0.3, 0.4) is 0 Å². The summed E-state index contributed by atoms with van der Waals surface area (Å²) in [4.78, 5) is 33.2. The number of nitrogens with zero attached hydrogens (tertiary/aromatic N) is 2. The predicted octanol–water partition coefficient (Wildman–Crippen LogP) is 6.20. The number of ether oxygens (including phenoxy) is 2. The van der Waals surface area contributed by atoms with E-state index in [1.54, 1.807) is 6.92 Å². The van der Waals surface area contributed by atoms with E-state index in [1.165, 1.54) is 16.8 Å². The van der Waals surface area contributed by atoms with Gasteiger partial charge in [-0.15, -0.1) is 5.84 Å². The van der Waals surface area contributed by atoms with Crippen molar-refractivity contribution in [3.05, 3.63) is 65.2 Å². The van der Waals surface area contributed by atoms with Crippen LogP contribution >= 0.6 is 0 Å². The molecule has 8 heteroatoms. The SMILES string of the molecule is CCCCOC(=O)O[N+](N)(C(=O)OCCCC)C(C)c1ccc2c(c1)CCCN2Cc1ccccc1. The highest BCUT2D eigenvalue weighted by Gasteiger charge is 2.49. The summed E-state index contributed by atoms with van der Waals surface area (Å²) in [6.45, 7) is 7.95. The number of rotatable bonds is 10. The maximum absolute atomic E-state index is 13.0. The van der Waals surface area contributed by atoms with Crippen LogP contribution < -0.4 is 10.7 Å². The van der Waals surface area contributed by atoms with Crippen LogP contribution in [0.2, 0.25) is 0 Å². The van der Waals surface area contributed by atoms with Crippen LogP contribution in [0.4, 0.5) is 15.3 Å². The first-order chi connectivity index (χ1) is 17.4. The highest BCUT2D eigenvalue weighted by atomic mass is 16.9. The van der Waals surface area contributed by atoms with Crippen molar-refractivity contribution in [2.24, 2.45) is 5.84 Å². The van der Waals surface area contributed by atoms with E-state index in [1.807, 2.05) is 26.0 Å². The van der Waals surface area contributed by atoms with Gasteiger partial charge in [-0.05, 0) is 55.9 Å². The Bertz CT molecular complexity index is 1000. The summed E-state index contributed by atoms with van der Waals surface area (Å²) in [5.74, 6) is 6.44. The number of amides is 1. The zero-order valence-electron chi connectivity index (χ0n) is 21.8. The second kappa shape index (κ2) is 13.3. The molecule has 3 rings (SSSR count). The Labute approximate surface area is 214 Å². The van der Waals surface area contributed by atoms with Gasteiger partial charge in [-0.2, -0.15) is 14.4 Å². The number of unbranched alkanes of at least 4 members (excludes halogenated alkanes) is 2. The Balaban J connectivity index is 1.82. The van der Waals surface area contributed by atoms with Gasteiger partial charge in [-0.25, -0.2) is 0 Å². The molecule has 2 unspecified atom stereocenters. The molecule has 0 radical (unpaired) electrons. The number of carbonyl (C=O) groups is 2. The standard InChI is InChI=1S/C28H40N3O5/c1-4-6-18-34-27(32)31(29,36-28(33)35-19-7-5-2)22(3)24-15-16-26-25(20-24)14-11-17-30(26)21-23-12-9-8-10-13-23/h8-10,12-13,15-16,20,22H,4-7,11,14,17-19,21,29H2,1-3H3/q+1. The average Bonchev–Trinajstić information content (AvgIpc) is 2.89. The lowest BCUT2D eigenvalue weighted by molar-refractivity contribution is -1.06. The molecular formula is C28H40N3O5+. The molecule has 1 aliphatic rings. The summed E-state index contributed by atoms with van der Waals surface area (Å²) in [7, 11) is 0. The molecule has 1 heterocycles. The van der Waals surface area contributed by atoms with E-state index < -0.39 is 23.0 Å². The summed E-state index contributed by atoms with van der Waals surface area (Å²) in [6, 6.07) is 15.8. The third-order valence-electron chi connectivity index (χ3n) is 6.54. The quantitative estimate of drug-likeness (QED) is 0.104. The number of hydrogen-bond donors (Lipinski definition) is 1. The molecular weight excluding hydrogens is 458 g/mol. The Hall–Kier alpha value is -3.10. The smallest absolute Gasteiger partial charge is 0.431 e. The summed E-state index contributed by atoms with van der Waals surface area (Å²) in [5.41, 5.74) is 4.39. The number of hydrogen-bond acceptors (Lipinski definition) is 7. The van der Waals surface area contributed by atoms with E-state index in [0.29, 0.717) is 12.8 Å². The molecule has 2 aromatic carbocycles. The van der Waals surface area contributed by atoms with Crippen molar-refractivity contribution in [2.45, 2.75) is 71.9 Å². The summed E-state index contributed by atoms with van der Waals surface area (Å²) in [5, 5.41) is 0. The zero-order chi connectivity index (χ0) is 26.0. The molecule has 0 saturated heterocycles. The van der Waals surface area contributed by atoms with Gasteiger partial charge in [-0.3, -0.25) is 0 Å². The molecule has 1 amide bonds. The summed E-state index contributed by atoms with van der Waals surface area (Å²) >= 11 is 0. The molecule has 196 valence electrons. The van der Waals surface area contributed by atoms with Crippen LogP contribution in [0.1, 0.15) is 75.6 Å². The van der Waals surface area contributed by atoms with Gasteiger partial charge in [0.2, 0.25) is 0 Å². The topological polar surface area (TPSA) is 91.1 Å². The zero-order valence-corrected chi connectivity index (χ0v) is 21.8. The van der Waals surface area contributed by atoms with E-state index in [9.17, 15) is 9.59 Å². The molecule has 2 atom stereocenters. The molecule has 2 aromatic rings. The van der Waals surface area contributed by atoms with Crippen molar-refractivity contribution in [3.8, 4) is 0 Å². The fourth-order valence-electron chi connectivity index (χ4n) is 4.27. The Morgan fingerprint density at radius 3 is 2.42 bits per heavy atom. The summed E-state index contributed by atoms with van der Waals surface area (Å²) < 4.78 is 9.34. The fourth-order valence-corrected chi connectivity index (χ4v) is 4.27. The Morgan fingerprint density at radius 2 is 1.72 bits per heavy atom. The van der Waals surface area contributed by atoms with Gasteiger partial charge >= 0.3 is 12.2 Å². The van der Waals surface area contributed by atoms with Crippen molar-refractivity contribution in [2.75, 3.05) is 24.7 Å². The lowest BCUT2D eigenvalue weighted by Crippen LogP contribution is -2.61. The van der Waals surface area contributed by atoms with Crippen molar-refractivity contribution in [1.29, 1.82) is 0 Å². The van der Waals surface area contributed by atoms with Gasteiger partial charge in [0.05, 0.1) is 13.2 Å². The number of carbonyl (C=O) groups excluding carboxylic acids is 2. The van der Waals surface area contributed by atoms with Gasteiger partial charge in [0.15, 0.2) is 6.04 Å². The molecule has 8 nitrogen and oxygen atoms in total. The first-order valence-corrected chi connectivity index (χ1v) is 13.0. The molecule has 2 N–H and O–H groups in total. The van der Waals surface area contributed by atoms with E-state index in [4.69, 9.17) is 20.2 Å². The van der Waals surface area contributed by atoms with Crippen molar-refractivity contribution in [1.82, 2.24) is 0 Å². The van der Waals surface area contributed by atoms with Crippen molar-refractivity contribution >= 4 is 17.9 Å². The lowest BCUT2D eigenvalue weighted by Gasteiger charge is -2.33. The third kappa shape index (κ3) is 6.98. The minimum absolute atomic E-state index is 0.199. The van der Waals surface area contributed by atoms with Crippen LogP contribution in [-0.2, 0) is 27.3 Å². The van der Waals surface area contributed by atoms with E-state index >= 15 is 0 Å². The minimum Gasteiger partial charge on any atom is -0.431 e. The van der Waals surface area contributed by atoms with Crippen molar-refractivity contribution < 1.29 is 28.7 Å². The number of nitrogens with two attached hydrogens (primary N) is 1. The molecule has 0 bridgehead atoms. The minimum atomic E-state index is -1.17. The second-order valence-corrected chi connectivity index (χ2v) is 9.30. The number of hydroxylamine groups is 2. The first kappa shape index (κ1) is 27.5. The molecule has 1 aliphatic heterocycles. The van der Waals surface area contributed by atoms with Gasteiger partial charge in [-0.1, -0.05) is 63.1 Å². The highest BCUT2D eigenvalue weighted by Crippen LogP contribution is 2.34. The van der Waals surface area contributed by atoms with Gasteiger partial charge in [0, 0.05) is 29.1 Å². The number of anilines is 1. The average molecular weight is 499 g/mol. The molecule has 36 heavy (non-hydrogen) atoms. The van der Waals surface area contributed by atoms with Crippen LogP contribution in [0.15, 0.2) is 48.5 Å². The van der Waals surface area contributed by atoms with Gasteiger partial charge < -0.3 is 14.4 Å². The summed E-state index contributed by atoms with van der Waals surface area (Å²) in [6.07, 6.45) is 3.24. The van der Waals surface area contributed by atoms with Crippen LogP contribution in [0.25, 0.3) is 0 Å². The monoisotopic (exact) mass is 498 g/mol. The number of aryl methyl sites for hydroxylation is 1. The van der Waals surface area contributed by atoms with Crippen molar-refractivity contribution in [3.63, 3.8) is 0 Å². The van der Waals surface area contributed by atoms with Crippen LogP contribution in [0, 0.1) is 0 Å². The fraction of sp³-hybridized carbons (Fsp3) is 0.500. The number of quaternary nitrogens is 1. The lowest BCUT2D eigenvalue weighted by atomic mass is 9.96. The molecule has 0 aliphatic carbocycles. The maximum atomic E-state index is 13.0. The molecule has 0 spiro atoms. The van der Waals surface area contributed by atoms with Gasteiger partial charge in [0.1, 0.15) is 0 Å². The highest BCUT2D eigenvalue weighted by molar-refractivity contribution is 5.64. The normalized spacial score (nSPS) is 15.4. The van der Waals surface area contributed by atoms with E-state index in [-0.39, 0.29) is 13.2 Å². The first-order valence-electron chi connectivity index (χ1n) is 13.0. The maximum Gasteiger partial charge on any atom is 0.581 e. The van der Waals surface area contributed by atoms with Gasteiger partial charge in [0.25, 0.3) is 0 Å². The second-order valence-electron chi connectivity index (χ2n) is 9.30. The number of benzene rings is 2. The Kier molecular flexibility index (Phi) is 10.1. The molecule has 0 fully saturated rings.